The van der Waals surface area contributed by atoms with E-state index < -0.39 is 27.5 Å². The van der Waals surface area contributed by atoms with Crippen LogP contribution in [0.5, 0.6) is 0 Å². The Morgan fingerprint density at radius 2 is 1.17 bits per heavy atom. The van der Waals surface area contributed by atoms with E-state index in [1.807, 2.05) is 14.1 Å². The molecule has 0 aromatic heterocycles. The molecule has 0 bridgehead atoms. The van der Waals surface area contributed by atoms with Gasteiger partial charge in [-0.2, -0.15) is 0 Å². The lowest BCUT2D eigenvalue weighted by Crippen LogP contribution is -2.44. The molecule has 0 spiro atoms. The molecule has 0 radical (unpaired) electrons. The molecule has 0 N–H and O–H groups in total. The molecule has 0 saturated carbocycles. The van der Waals surface area contributed by atoms with Crippen LogP contribution in [0, 0.1) is 0 Å². The van der Waals surface area contributed by atoms with Crippen molar-refractivity contribution in [3.8, 4) is 0 Å². The maximum absolute atomic E-state index is 5.84. The molecule has 0 fully saturated rings. The maximum atomic E-state index is 5.84. The highest BCUT2D eigenvalue weighted by atomic mass is 28.4. The Morgan fingerprint density at radius 3 is 1.33 bits per heavy atom. The molecule has 0 aliphatic heterocycles. The van der Waals surface area contributed by atoms with Gasteiger partial charge in [0.2, 0.25) is 0 Å². The van der Waals surface area contributed by atoms with Crippen molar-refractivity contribution in [1.29, 1.82) is 0 Å². The normalized spacial score (nSPS) is 12.5. The van der Waals surface area contributed by atoms with Crippen molar-refractivity contribution in [3.05, 3.63) is 0 Å². The van der Waals surface area contributed by atoms with E-state index in [0.29, 0.717) is 0 Å². The summed E-state index contributed by atoms with van der Waals surface area (Å²) in [6.45, 7) is 8.76. The third-order valence-corrected chi connectivity index (χ3v) is 8.26. The van der Waals surface area contributed by atoms with Crippen molar-refractivity contribution in [2.45, 2.75) is 26.2 Å². The maximum Gasteiger partial charge on any atom is 0.389 e. The highest BCUT2D eigenvalue weighted by molar-refractivity contribution is 6.66. The SMILES string of the molecule is CN(C)[SiH](O[SiH](C)C)O[SiH](C)C. The van der Waals surface area contributed by atoms with Crippen molar-refractivity contribution in [2.24, 2.45) is 0 Å². The summed E-state index contributed by atoms with van der Waals surface area (Å²) in [7, 11) is 0.774. The molecule has 6 heteroatoms. The Labute approximate surface area is 81.1 Å². The Hall–Kier alpha value is 0.531. The van der Waals surface area contributed by atoms with Gasteiger partial charge in [0.05, 0.1) is 0 Å². The van der Waals surface area contributed by atoms with E-state index in [4.69, 9.17) is 8.23 Å². The number of rotatable bonds is 5. The smallest absolute Gasteiger partial charge is 0.389 e. The van der Waals surface area contributed by atoms with Crippen molar-refractivity contribution < 1.29 is 8.23 Å². The molecule has 0 rings (SSSR count). The number of hydrogen-bond donors (Lipinski definition) is 0. The van der Waals surface area contributed by atoms with Gasteiger partial charge in [-0.15, -0.1) is 0 Å². The van der Waals surface area contributed by atoms with Gasteiger partial charge in [-0.3, -0.25) is 4.57 Å². The quantitative estimate of drug-likeness (QED) is 0.625. The van der Waals surface area contributed by atoms with Crippen molar-refractivity contribution in [1.82, 2.24) is 4.57 Å². The van der Waals surface area contributed by atoms with Crippen LogP contribution in [-0.4, -0.2) is 46.2 Å². The first-order chi connectivity index (χ1) is 5.43. The van der Waals surface area contributed by atoms with Crippen LogP contribution in [0.15, 0.2) is 0 Å². The van der Waals surface area contributed by atoms with Crippen molar-refractivity contribution in [3.63, 3.8) is 0 Å². The van der Waals surface area contributed by atoms with Gasteiger partial charge in [0, 0.05) is 0 Å². The zero-order valence-corrected chi connectivity index (χ0v) is 12.5. The average Bonchev–Trinajstić information content (AvgIpc) is 1.83. The van der Waals surface area contributed by atoms with Gasteiger partial charge in [-0.1, -0.05) is 0 Å². The fourth-order valence-electron chi connectivity index (χ4n) is 0.741. The Morgan fingerprint density at radius 1 is 0.833 bits per heavy atom. The van der Waals surface area contributed by atoms with E-state index in [1.165, 1.54) is 0 Å². The Kier molecular flexibility index (Phi) is 6.32. The van der Waals surface area contributed by atoms with Crippen LogP contribution >= 0.6 is 0 Å². The first kappa shape index (κ1) is 12.5. The molecule has 12 heavy (non-hydrogen) atoms. The molecular formula is C6H21NO2Si3. The molecule has 0 unspecified atom stereocenters. The Balaban J connectivity index is 3.87. The molecule has 0 atom stereocenters. The second kappa shape index (κ2) is 6.06. The van der Waals surface area contributed by atoms with Crippen LogP contribution in [-0.2, 0) is 8.23 Å². The van der Waals surface area contributed by atoms with E-state index in [2.05, 4.69) is 30.8 Å². The van der Waals surface area contributed by atoms with Crippen LogP contribution in [0.3, 0.4) is 0 Å². The van der Waals surface area contributed by atoms with Gasteiger partial charge in [-0.05, 0) is 40.3 Å². The fourth-order valence-corrected chi connectivity index (χ4v) is 7.25. The second-order valence-electron chi connectivity index (χ2n) is 3.64. The third kappa shape index (κ3) is 6.09. The minimum atomic E-state index is -1.47. The minimum Gasteiger partial charge on any atom is -0.430 e. The fraction of sp³-hybridized carbons (Fsp3) is 1.00. The zero-order valence-electron chi connectivity index (χ0n) is 9.00. The first-order valence-electron chi connectivity index (χ1n) is 4.40. The molecule has 3 nitrogen and oxygen atoms in total. The van der Waals surface area contributed by atoms with Gasteiger partial charge in [0.25, 0.3) is 0 Å². The van der Waals surface area contributed by atoms with Crippen molar-refractivity contribution >= 4 is 27.5 Å². The first-order valence-corrected chi connectivity index (χ1v) is 11.4. The standard InChI is InChI=1S/C6H21NO2Si3/c1-7(2)12(8-10(3)4)9-11(5)6/h10-12H,1-6H3. The lowest BCUT2D eigenvalue weighted by Gasteiger charge is -2.26. The molecule has 0 saturated heterocycles. The second-order valence-corrected chi connectivity index (χ2v) is 11.7. The summed E-state index contributed by atoms with van der Waals surface area (Å²) in [4.78, 5) is 0. The van der Waals surface area contributed by atoms with Crippen LogP contribution < -0.4 is 0 Å². The summed E-state index contributed by atoms with van der Waals surface area (Å²) >= 11 is 0. The Bertz CT molecular complexity index is 111. The molecule has 0 amide bonds. The van der Waals surface area contributed by atoms with Crippen LogP contribution in [0.2, 0.25) is 26.2 Å². The highest BCUT2D eigenvalue weighted by Crippen LogP contribution is 1.98. The molecule has 0 aliphatic carbocycles. The lowest BCUT2D eigenvalue weighted by molar-refractivity contribution is 0.351. The number of hydrogen-bond acceptors (Lipinski definition) is 3. The molecule has 0 aliphatic rings. The van der Waals surface area contributed by atoms with Crippen LogP contribution in [0.25, 0.3) is 0 Å². The van der Waals surface area contributed by atoms with Crippen LogP contribution in [0.1, 0.15) is 0 Å². The monoisotopic (exact) mass is 223 g/mol. The topological polar surface area (TPSA) is 21.7 Å². The van der Waals surface area contributed by atoms with E-state index >= 15 is 0 Å². The highest BCUT2D eigenvalue weighted by Gasteiger charge is 2.19. The molecule has 0 heterocycles. The third-order valence-electron chi connectivity index (χ3n) is 1.20. The van der Waals surface area contributed by atoms with Gasteiger partial charge in [-0.25, -0.2) is 0 Å². The van der Waals surface area contributed by atoms with E-state index in [0.717, 1.165) is 0 Å². The largest absolute Gasteiger partial charge is 0.430 e. The summed E-state index contributed by atoms with van der Waals surface area (Å²) in [5.41, 5.74) is 0. The summed E-state index contributed by atoms with van der Waals surface area (Å²) in [5.74, 6) is 0. The molecule has 0 aromatic rings. The number of nitrogens with zero attached hydrogens (tertiary/aromatic N) is 1. The summed E-state index contributed by atoms with van der Waals surface area (Å²) in [5, 5.41) is 0. The zero-order chi connectivity index (χ0) is 9.72. The average molecular weight is 223 g/mol. The molecule has 0 aromatic carbocycles. The predicted octanol–water partition coefficient (Wildman–Crippen LogP) is 0.265. The summed E-state index contributed by atoms with van der Waals surface area (Å²) in [6, 6.07) is 0. The van der Waals surface area contributed by atoms with E-state index in [9.17, 15) is 0 Å². The lowest BCUT2D eigenvalue weighted by atomic mass is 11.3. The summed E-state index contributed by atoms with van der Waals surface area (Å²) in [6.07, 6.45) is 0. The minimum absolute atomic E-state index is 0.926. The molecule has 74 valence electrons. The van der Waals surface area contributed by atoms with E-state index in [-0.39, 0.29) is 0 Å². The summed E-state index contributed by atoms with van der Waals surface area (Å²) < 4.78 is 13.8. The van der Waals surface area contributed by atoms with Gasteiger partial charge >= 0.3 is 9.45 Å². The van der Waals surface area contributed by atoms with Gasteiger partial charge in [0.15, 0.2) is 18.1 Å². The van der Waals surface area contributed by atoms with Gasteiger partial charge in [0.1, 0.15) is 0 Å². The molecular weight excluding hydrogens is 202 g/mol. The van der Waals surface area contributed by atoms with Gasteiger partial charge < -0.3 is 8.23 Å². The van der Waals surface area contributed by atoms with Crippen molar-refractivity contribution in [2.75, 3.05) is 14.1 Å². The van der Waals surface area contributed by atoms with E-state index in [1.54, 1.807) is 0 Å². The van der Waals surface area contributed by atoms with Crippen LogP contribution in [0.4, 0.5) is 0 Å². The predicted molar refractivity (Wildman–Crippen MR) is 60.8 cm³/mol.